The zero-order valence-electron chi connectivity index (χ0n) is 10.9. The first-order valence-corrected chi connectivity index (χ1v) is 8.07. The molecule has 0 aromatic carbocycles. The smallest absolute Gasteiger partial charge is 0.250 e. The van der Waals surface area contributed by atoms with Crippen molar-refractivity contribution in [3.05, 3.63) is 17.1 Å². The Hall–Kier alpha value is -0.463. The van der Waals surface area contributed by atoms with Crippen LogP contribution in [0.2, 0.25) is 18.1 Å². The molecule has 0 aliphatic heterocycles. The van der Waals surface area contributed by atoms with Crippen LogP contribution in [0.1, 0.15) is 41.5 Å². The molecule has 0 spiro atoms. The summed E-state index contributed by atoms with van der Waals surface area (Å²) in [5.74, 6) is 0.927. The van der Waals surface area contributed by atoms with Gasteiger partial charge in [0, 0.05) is 0 Å². The first-order valence-electron chi connectivity index (χ1n) is 5.16. The maximum atomic E-state index is 6.04. The Morgan fingerprint density at radius 2 is 1.50 bits per heavy atom. The maximum absolute atomic E-state index is 6.04. The Balaban J connectivity index is 4.79. The highest BCUT2D eigenvalue weighted by Gasteiger charge is 2.38. The summed E-state index contributed by atoms with van der Waals surface area (Å²) in [6.07, 6.45) is 0. The normalized spacial score (nSPS) is 12.0. The molecule has 82 valence electrons. The molecule has 0 aliphatic rings. The van der Waals surface area contributed by atoms with E-state index in [-0.39, 0.29) is 5.04 Å². The van der Waals surface area contributed by atoms with E-state index in [1.54, 1.807) is 0 Å². The molecule has 2 heteroatoms. The Morgan fingerprint density at radius 1 is 1.07 bits per heavy atom. The Kier molecular flexibility index (Phi) is 4.23. The van der Waals surface area contributed by atoms with Gasteiger partial charge in [-0.1, -0.05) is 26.5 Å². The third-order valence-corrected chi connectivity index (χ3v) is 7.07. The summed E-state index contributed by atoms with van der Waals surface area (Å²) in [6, 6.07) is 0. The van der Waals surface area contributed by atoms with Gasteiger partial charge in [-0.3, -0.25) is 0 Å². The van der Waals surface area contributed by atoms with Crippen LogP contribution in [0.3, 0.4) is 0 Å². The van der Waals surface area contributed by atoms with Crippen molar-refractivity contribution in [2.45, 2.75) is 59.7 Å². The van der Waals surface area contributed by atoms with Crippen LogP contribution in [-0.2, 0) is 4.43 Å². The van der Waals surface area contributed by atoms with Gasteiger partial charge in [-0.2, -0.15) is 0 Å². The molecule has 0 atom stereocenters. The third-order valence-electron chi connectivity index (χ3n) is 2.64. The molecule has 0 amide bonds. The molecule has 0 radical (unpaired) electrons. The first-order chi connectivity index (χ1) is 6.06. The number of hydrogen-bond donors (Lipinski definition) is 0. The minimum absolute atomic E-state index is 0.261. The second-order valence-electron chi connectivity index (χ2n) is 5.54. The lowest BCUT2D eigenvalue weighted by Gasteiger charge is -2.36. The van der Waals surface area contributed by atoms with Crippen molar-refractivity contribution in [3.63, 3.8) is 0 Å². The first kappa shape index (κ1) is 13.5. The van der Waals surface area contributed by atoms with E-state index in [1.165, 1.54) is 5.57 Å². The molecule has 0 saturated carbocycles. The minimum Gasteiger partial charge on any atom is -0.541 e. The van der Waals surface area contributed by atoms with Gasteiger partial charge in [0.15, 0.2) is 0 Å². The fraction of sp³-hybridized carbons (Fsp3) is 0.750. The van der Waals surface area contributed by atoms with Gasteiger partial charge in [-0.15, -0.1) is 0 Å². The predicted octanol–water partition coefficient (Wildman–Crippen LogP) is 4.48. The van der Waals surface area contributed by atoms with E-state index in [2.05, 4.69) is 39.6 Å². The molecule has 0 heterocycles. The summed E-state index contributed by atoms with van der Waals surface area (Å²) >= 11 is 0. The van der Waals surface area contributed by atoms with Crippen LogP contribution in [0.4, 0.5) is 0 Å². The van der Waals surface area contributed by atoms with Gasteiger partial charge < -0.3 is 4.43 Å². The van der Waals surface area contributed by atoms with Gasteiger partial charge in [-0.05, 0) is 44.5 Å². The Labute approximate surface area is 90.0 Å². The van der Waals surface area contributed by atoms with Crippen LogP contribution >= 0.6 is 0 Å². The summed E-state index contributed by atoms with van der Waals surface area (Å²) in [5, 5.41) is 0.261. The van der Waals surface area contributed by atoms with E-state index >= 15 is 0 Å². The minimum atomic E-state index is -1.65. The molecule has 0 fully saturated rings. The molecular formula is C12H24OSi. The lowest BCUT2D eigenvalue weighted by Crippen LogP contribution is -2.40. The van der Waals surface area contributed by atoms with Gasteiger partial charge in [-0.25, -0.2) is 0 Å². The van der Waals surface area contributed by atoms with E-state index in [1.807, 2.05) is 20.8 Å². The third kappa shape index (κ3) is 4.16. The predicted molar refractivity (Wildman–Crippen MR) is 65.8 cm³/mol. The van der Waals surface area contributed by atoms with Crippen LogP contribution in [0.15, 0.2) is 17.1 Å². The molecule has 0 N–H and O–H groups in total. The summed E-state index contributed by atoms with van der Waals surface area (Å²) in [6.45, 7) is 17.3. The lowest BCUT2D eigenvalue weighted by atomic mass is 10.2. The molecule has 0 unspecified atom stereocenters. The van der Waals surface area contributed by atoms with Gasteiger partial charge in [0.05, 0.1) is 0 Å². The Bertz CT molecular complexity index is 259. The molecule has 1 nitrogen and oxygen atoms in total. The molecule has 0 aromatic heterocycles. The largest absolute Gasteiger partial charge is 0.541 e. The molecular weight excluding hydrogens is 188 g/mol. The summed E-state index contributed by atoms with van der Waals surface area (Å²) < 4.78 is 6.04. The van der Waals surface area contributed by atoms with Crippen LogP contribution in [0.25, 0.3) is 0 Å². The van der Waals surface area contributed by atoms with Crippen molar-refractivity contribution < 1.29 is 4.43 Å². The summed E-state index contributed by atoms with van der Waals surface area (Å²) in [5.41, 5.74) is 4.38. The zero-order valence-corrected chi connectivity index (χ0v) is 11.9. The molecule has 0 aliphatic carbocycles. The Morgan fingerprint density at radius 3 is 1.79 bits per heavy atom. The molecule has 0 rings (SSSR count). The zero-order chi connectivity index (χ0) is 11.6. The van der Waals surface area contributed by atoms with Crippen LogP contribution in [-0.4, -0.2) is 8.32 Å². The maximum Gasteiger partial charge on any atom is 0.250 e. The number of hydrogen-bond acceptors (Lipinski definition) is 1. The van der Waals surface area contributed by atoms with Crippen LogP contribution in [0.5, 0.6) is 0 Å². The van der Waals surface area contributed by atoms with Crippen molar-refractivity contribution in [2.24, 2.45) is 0 Å². The molecule has 0 bridgehead atoms. The van der Waals surface area contributed by atoms with E-state index in [9.17, 15) is 0 Å². The van der Waals surface area contributed by atoms with Crippen LogP contribution in [0, 0.1) is 0 Å². The van der Waals surface area contributed by atoms with E-state index in [0.717, 1.165) is 5.76 Å². The number of allylic oxidation sites excluding steroid dienone is 1. The average Bonchev–Trinajstić information content (AvgIpc) is 1.79. The standard InChI is InChI=1S/C12H24OSi/c1-10(2)9-11(3)13-14(7,8)12(4,5)6/h1-8H3. The SMILES string of the molecule is CC(C)=C=C(C)O[Si](C)(C)C(C)(C)C. The van der Waals surface area contributed by atoms with Gasteiger partial charge in [0.1, 0.15) is 5.76 Å². The highest BCUT2D eigenvalue weighted by molar-refractivity contribution is 6.74. The molecule has 0 aromatic rings. The average molecular weight is 212 g/mol. The number of rotatable bonds is 2. The summed E-state index contributed by atoms with van der Waals surface area (Å²) in [4.78, 5) is 0. The quantitative estimate of drug-likeness (QED) is 0.372. The second kappa shape index (κ2) is 4.37. The summed E-state index contributed by atoms with van der Waals surface area (Å²) in [7, 11) is -1.65. The molecule has 14 heavy (non-hydrogen) atoms. The fourth-order valence-electron chi connectivity index (χ4n) is 0.913. The van der Waals surface area contributed by atoms with E-state index in [0.29, 0.717) is 0 Å². The van der Waals surface area contributed by atoms with Crippen molar-refractivity contribution in [1.29, 1.82) is 0 Å². The van der Waals surface area contributed by atoms with Crippen molar-refractivity contribution in [2.75, 3.05) is 0 Å². The second-order valence-corrected chi connectivity index (χ2v) is 10.3. The van der Waals surface area contributed by atoms with Gasteiger partial charge in [0.2, 0.25) is 0 Å². The van der Waals surface area contributed by atoms with Crippen molar-refractivity contribution in [3.8, 4) is 0 Å². The van der Waals surface area contributed by atoms with Crippen molar-refractivity contribution >= 4 is 8.32 Å². The highest BCUT2D eigenvalue weighted by atomic mass is 28.4. The molecule has 0 saturated heterocycles. The van der Waals surface area contributed by atoms with Gasteiger partial charge in [0.25, 0.3) is 8.32 Å². The van der Waals surface area contributed by atoms with Crippen molar-refractivity contribution in [1.82, 2.24) is 0 Å². The monoisotopic (exact) mass is 212 g/mol. The van der Waals surface area contributed by atoms with Crippen LogP contribution < -0.4 is 0 Å². The topological polar surface area (TPSA) is 9.23 Å². The van der Waals surface area contributed by atoms with Gasteiger partial charge >= 0.3 is 0 Å². The fourth-order valence-corrected chi connectivity index (χ4v) is 2.04. The van der Waals surface area contributed by atoms with E-state index < -0.39 is 8.32 Å². The van der Waals surface area contributed by atoms with E-state index in [4.69, 9.17) is 4.43 Å². The lowest BCUT2D eigenvalue weighted by molar-refractivity contribution is 0.387. The highest BCUT2D eigenvalue weighted by Crippen LogP contribution is 2.37.